The number of benzene rings is 3. The number of aromatic nitrogens is 4. The van der Waals surface area contributed by atoms with Crippen LogP contribution < -0.4 is 5.56 Å². The fraction of sp³-hybridized carbons (Fsp3) is 0.111. The zero-order valence-corrected chi connectivity index (χ0v) is 20.0. The molecule has 0 saturated heterocycles. The lowest BCUT2D eigenvalue weighted by Crippen LogP contribution is -2.31. The Morgan fingerprint density at radius 3 is 2.29 bits per heavy atom. The summed E-state index contributed by atoms with van der Waals surface area (Å²) >= 11 is 6.10. The van der Waals surface area contributed by atoms with Gasteiger partial charge in [-0.05, 0) is 30.3 Å². The van der Waals surface area contributed by atoms with E-state index in [9.17, 15) is 9.59 Å². The first-order valence-electron chi connectivity index (χ1n) is 11.0. The number of amides is 1. The van der Waals surface area contributed by atoms with Crippen LogP contribution in [0.4, 0.5) is 0 Å². The summed E-state index contributed by atoms with van der Waals surface area (Å²) in [6.07, 6.45) is 1.93. The van der Waals surface area contributed by atoms with Crippen molar-refractivity contribution in [2.75, 3.05) is 7.05 Å². The highest BCUT2D eigenvalue weighted by molar-refractivity contribution is 6.30. The molecule has 0 saturated carbocycles. The van der Waals surface area contributed by atoms with Crippen molar-refractivity contribution >= 4 is 28.3 Å². The topological polar surface area (TPSA) is 73.0 Å². The fourth-order valence-corrected chi connectivity index (χ4v) is 4.18. The number of para-hydroxylation sites is 1. The van der Waals surface area contributed by atoms with Gasteiger partial charge in [0, 0.05) is 48.4 Å². The number of hydrogen-bond donors (Lipinski definition) is 0. The Morgan fingerprint density at radius 2 is 1.57 bits per heavy atom. The minimum Gasteiger partial charge on any atom is -0.336 e. The molecule has 5 aromatic rings. The molecular weight excluding hydrogens is 462 g/mol. The van der Waals surface area contributed by atoms with Crippen LogP contribution in [-0.2, 0) is 13.6 Å². The standard InChI is InChI=1S/C27H22ClN5O2/c1-31(27(35)25-22-10-6-7-11-23(22)26(34)32(2)29-25)16-19-17-33(21-8-4-3-5-9-21)30-24(19)18-12-14-20(28)15-13-18/h3-15,17H,16H2,1-2H3. The van der Waals surface area contributed by atoms with Crippen molar-refractivity contribution in [3.63, 3.8) is 0 Å². The average molecular weight is 484 g/mol. The Morgan fingerprint density at radius 1 is 0.914 bits per heavy atom. The van der Waals surface area contributed by atoms with E-state index in [4.69, 9.17) is 16.7 Å². The van der Waals surface area contributed by atoms with E-state index in [1.54, 1.807) is 47.9 Å². The van der Waals surface area contributed by atoms with Gasteiger partial charge in [-0.2, -0.15) is 10.2 Å². The Balaban J connectivity index is 1.54. The van der Waals surface area contributed by atoms with E-state index < -0.39 is 0 Å². The lowest BCUT2D eigenvalue weighted by atomic mass is 10.1. The molecule has 0 N–H and O–H groups in total. The predicted octanol–water partition coefficient (Wildman–Crippen LogP) is 4.71. The normalized spacial score (nSPS) is 11.1. The van der Waals surface area contributed by atoms with Crippen LogP contribution >= 0.6 is 11.6 Å². The molecule has 3 aromatic carbocycles. The van der Waals surface area contributed by atoms with E-state index in [0.717, 1.165) is 22.5 Å². The summed E-state index contributed by atoms with van der Waals surface area (Å²) in [5, 5.41) is 10.7. The van der Waals surface area contributed by atoms with Crippen molar-refractivity contribution < 1.29 is 4.79 Å². The first-order chi connectivity index (χ1) is 16.9. The maximum atomic E-state index is 13.5. The molecular formula is C27H22ClN5O2. The van der Waals surface area contributed by atoms with Gasteiger partial charge in [0.05, 0.1) is 16.8 Å². The molecule has 0 radical (unpaired) electrons. The minimum absolute atomic E-state index is 0.230. The number of rotatable bonds is 5. The SMILES string of the molecule is CN(Cc1cn(-c2ccccc2)nc1-c1ccc(Cl)cc1)C(=O)c1nn(C)c(=O)c2ccccc12. The molecule has 1 amide bonds. The van der Waals surface area contributed by atoms with E-state index in [2.05, 4.69) is 5.10 Å². The first kappa shape index (κ1) is 22.6. The molecule has 0 unspecified atom stereocenters. The molecule has 0 aliphatic carbocycles. The third-order valence-electron chi connectivity index (χ3n) is 5.84. The van der Waals surface area contributed by atoms with Crippen LogP contribution in [0.2, 0.25) is 5.02 Å². The summed E-state index contributed by atoms with van der Waals surface area (Å²) < 4.78 is 3.01. The van der Waals surface area contributed by atoms with Gasteiger partial charge in [0.2, 0.25) is 0 Å². The molecule has 5 rings (SSSR count). The molecule has 0 atom stereocenters. The second-order valence-corrected chi connectivity index (χ2v) is 8.71. The molecule has 2 aromatic heterocycles. The smallest absolute Gasteiger partial charge is 0.274 e. The van der Waals surface area contributed by atoms with Crippen molar-refractivity contribution in [1.29, 1.82) is 0 Å². The Hall–Kier alpha value is -4.23. The van der Waals surface area contributed by atoms with Crippen molar-refractivity contribution in [2.24, 2.45) is 7.05 Å². The summed E-state index contributed by atoms with van der Waals surface area (Å²) in [5.41, 5.74) is 3.41. The predicted molar refractivity (Wildman–Crippen MR) is 137 cm³/mol. The van der Waals surface area contributed by atoms with Crippen molar-refractivity contribution in [3.8, 4) is 16.9 Å². The van der Waals surface area contributed by atoms with Gasteiger partial charge in [0.15, 0.2) is 5.69 Å². The zero-order chi connectivity index (χ0) is 24.5. The van der Waals surface area contributed by atoms with Crippen LogP contribution in [0.5, 0.6) is 0 Å². The molecule has 0 aliphatic heterocycles. The zero-order valence-electron chi connectivity index (χ0n) is 19.2. The Kier molecular flexibility index (Phi) is 5.93. The highest BCUT2D eigenvalue weighted by Crippen LogP contribution is 2.27. The van der Waals surface area contributed by atoms with Crippen LogP contribution in [0.25, 0.3) is 27.7 Å². The summed E-state index contributed by atoms with van der Waals surface area (Å²) in [7, 11) is 3.27. The van der Waals surface area contributed by atoms with Crippen molar-refractivity contribution in [1.82, 2.24) is 24.5 Å². The molecule has 8 heteroatoms. The highest BCUT2D eigenvalue weighted by Gasteiger charge is 2.22. The number of fused-ring (bicyclic) bond motifs is 1. The molecule has 2 heterocycles. The first-order valence-corrected chi connectivity index (χ1v) is 11.4. The van der Waals surface area contributed by atoms with Gasteiger partial charge in [-0.3, -0.25) is 9.59 Å². The summed E-state index contributed by atoms with van der Waals surface area (Å²) in [5.74, 6) is -0.286. The minimum atomic E-state index is -0.286. The van der Waals surface area contributed by atoms with E-state index in [0.29, 0.717) is 22.3 Å². The van der Waals surface area contributed by atoms with Crippen LogP contribution in [0, 0.1) is 0 Å². The van der Waals surface area contributed by atoms with Crippen LogP contribution in [0.15, 0.2) is 89.9 Å². The third-order valence-corrected chi connectivity index (χ3v) is 6.09. The van der Waals surface area contributed by atoms with E-state index in [1.807, 2.05) is 60.8 Å². The van der Waals surface area contributed by atoms with E-state index >= 15 is 0 Å². The maximum Gasteiger partial charge on any atom is 0.274 e. The largest absolute Gasteiger partial charge is 0.336 e. The summed E-state index contributed by atoms with van der Waals surface area (Å²) in [4.78, 5) is 27.6. The lowest BCUT2D eigenvalue weighted by Gasteiger charge is -2.18. The molecule has 174 valence electrons. The molecule has 0 spiro atoms. The summed E-state index contributed by atoms with van der Waals surface area (Å²) in [6, 6.07) is 24.3. The van der Waals surface area contributed by atoms with Crippen molar-refractivity contribution in [3.05, 3.63) is 112 Å². The second kappa shape index (κ2) is 9.19. The van der Waals surface area contributed by atoms with E-state index in [1.165, 1.54) is 4.68 Å². The van der Waals surface area contributed by atoms with Crippen LogP contribution in [-0.4, -0.2) is 37.4 Å². The molecule has 0 bridgehead atoms. The van der Waals surface area contributed by atoms with Gasteiger partial charge in [-0.25, -0.2) is 9.36 Å². The Bertz CT molecular complexity index is 1590. The molecule has 35 heavy (non-hydrogen) atoms. The van der Waals surface area contributed by atoms with Gasteiger partial charge in [0.1, 0.15) is 0 Å². The monoisotopic (exact) mass is 483 g/mol. The number of nitrogens with zero attached hydrogens (tertiary/aromatic N) is 5. The highest BCUT2D eigenvalue weighted by atomic mass is 35.5. The third kappa shape index (κ3) is 4.34. The number of hydrogen-bond acceptors (Lipinski definition) is 4. The quantitative estimate of drug-likeness (QED) is 0.363. The van der Waals surface area contributed by atoms with Gasteiger partial charge in [-0.1, -0.05) is 60.1 Å². The van der Waals surface area contributed by atoms with E-state index in [-0.39, 0.29) is 17.2 Å². The number of carbonyl (C=O) groups is 1. The second-order valence-electron chi connectivity index (χ2n) is 8.27. The average Bonchev–Trinajstić information content (AvgIpc) is 3.30. The van der Waals surface area contributed by atoms with Gasteiger partial charge in [-0.15, -0.1) is 0 Å². The fourth-order valence-electron chi connectivity index (χ4n) is 4.05. The van der Waals surface area contributed by atoms with Crippen LogP contribution in [0.1, 0.15) is 16.1 Å². The lowest BCUT2D eigenvalue weighted by molar-refractivity contribution is 0.0779. The van der Waals surface area contributed by atoms with Gasteiger partial charge in [0.25, 0.3) is 11.5 Å². The number of carbonyl (C=O) groups excluding carboxylic acids is 1. The van der Waals surface area contributed by atoms with Gasteiger partial charge < -0.3 is 4.90 Å². The molecule has 0 aliphatic rings. The summed E-state index contributed by atoms with van der Waals surface area (Å²) in [6.45, 7) is 0.294. The molecule has 0 fully saturated rings. The maximum absolute atomic E-state index is 13.5. The number of halogens is 1. The van der Waals surface area contributed by atoms with Gasteiger partial charge >= 0.3 is 0 Å². The number of aryl methyl sites for hydroxylation is 1. The Labute approximate surface area is 206 Å². The van der Waals surface area contributed by atoms with Crippen molar-refractivity contribution in [2.45, 2.75) is 6.54 Å². The van der Waals surface area contributed by atoms with Crippen LogP contribution in [0.3, 0.4) is 0 Å². The molecule has 7 nitrogen and oxygen atoms in total.